The van der Waals surface area contributed by atoms with Gasteiger partial charge < -0.3 is 14.6 Å². The van der Waals surface area contributed by atoms with E-state index in [0.717, 1.165) is 30.4 Å². The Morgan fingerprint density at radius 2 is 2.17 bits per heavy atom. The van der Waals surface area contributed by atoms with Crippen LogP contribution in [-0.2, 0) is 6.54 Å². The van der Waals surface area contributed by atoms with Crippen LogP contribution in [0.1, 0.15) is 12.7 Å². The minimum absolute atomic E-state index is 0.680. The monoisotopic (exact) mass is 245 g/mol. The van der Waals surface area contributed by atoms with Gasteiger partial charge in [-0.25, -0.2) is 4.98 Å². The molecular weight excluding hydrogens is 226 g/mol. The molecule has 4 heteroatoms. The van der Waals surface area contributed by atoms with Crippen LogP contribution in [0, 0.1) is 6.92 Å². The lowest BCUT2D eigenvalue weighted by Gasteiger charge is -2.12. The Hall–Kier alpha value is -1.97. The Labute approximate surface area is 108 Å². The molecule has 1 heterocycles. The van der Waals surface area contributed by atoms with Crippen LogP contribution in [-0.4, -0.2) is 22.7 Å². The summed E-state index contributed by atoms with van der Waals surface area (Å²) < 4.78 is 7.69. The second-order valence-electron chi connectivity index (χ2n) is 4.02. The molecular formula is C14H19N3O. The molecule has 1 N–H and O–H groups in total. The third-order valence-electron chi connectivity index (χ3n) is 2.78. The average molecular weight is 245 g/mol. The molecule has 0 fully saturated rings. The lowest BCUT2D eigenvalue weighted by atomic mass is 10.3. The summed E-state index contributed by atoms with van der Waals surface area (Å²) in [5.41, 5.74) is 1.04. The van der Waals surface area contributed by atoms with Crippen LogP contribution in [0.3, 0.4) is 0 Å². The highest BCUT2D eigenvalue weighted by molar-refractivity contribution is 5.56. The number of para-hydroxylation sites is 2. The van der Waals surface area contributed by atoms with Gasteiger partial charge in [-0.1, -0.05) is 12.1 Å². The highest BCUT2D eigenvalue weighted by Gasteiger charge is 2.01. The SMILES string of the molecule is CCOc1ccccc1NCCn1ccnc1C. The molecule has 0 atom stereocenters. The number of ether oxygens (including phenoxy) is 1. The molecule has 0 radical (unpaired) electrons. The van der Waals surface area contributed by atoms with Gasteiger partial charge in [-0.05, 0) is 26.0 Å². The molecule has 1 aromatic carbocycles. The van der Waals surface area contributed by atoms with Gasteiger partial charge in [-0.15, -0.1) is 0 Å². The summed E-state index contributed by atoms with van der Waals surface area (Å²) in [4.78, 5) is 4.20. The number of anilines is 1. The van der Waals surface area contributed by atoms with Crippen molar-refractivity contribution in [2.75, 3.05) is 18.5 Å². The lowest BCUT2D eigenvalue weighted by Crippen LogP contribution is -2.11. The molecule has 96 valence electrons. The minimum atomic E-state index is 0.680. The van der Waals surface area contributed by atoms with Gasteiger partial charge in [0.1, 0.15) is 11.6 Å². The molecule has 0 bridgehead atoms. The summed E-state index contributed by atoms with van der Waals surface area (Å²) in [6.45, 7) is 6.42. The number of hydrogen-bond acceptors (Lipinski definition) is 3. The fourth-order valence-electron chi connectivity index (χ4n) is 1.85. The van der Waals surface area contributed by atoms with E-state index in [2.05, 4.69) is 14.9 Å². The molecule has 0 aliphatic carbocycles. The maximum absolute atomic E-state index is 5.57. The van der Waals surface area contributed by atoms with Gasteiger partial charge in [0, 0.05) is 25.5 Å². The second kappa shape index (κ2) is 6.10. The first kappa shape index (κ1) is 12.5. The third kappa shape index (κ3) is 3.03. The first-order valence-electron chi connectivity index (χ1n) is 6.24. The maximum Gasteiger partial charge on any atom is 0.142 e. The summed E-state index contributed by atoms with van der Waals surface area (Å²) in [5.74, 6) is 1.94. The van der Waals surface area contributed by atoms with Crippen LogP contribution in [0.4, 0.5) is 5.69 Å². The lowest BCUT2D eigenvalue weighted by molar-refractivity contribution is 0.341. The Bertz CT molecular complexity index is 493. The van der Waals surface area contributed by atoms with E-state index in [1.807, 2.05) is 50.5 Å². The van der Waals surface area contributed by atoms with E-state index < -0.39 is 0 Å². The minimum Gasteiger partial charge on any atom is -0.492 e. The summed E-state index contributed by atoms with van der Waals surface area (Å²) in [5, 5.41) is 3.39. The van der Waals surface area contributed by atoms with E-state index in [1.54, 1.807) is 0 Å². The zero-order valence-electron chi connectivity index (χ0n) is 10.9. The summed E-state index contributed by atoms with van der Waals surface area (Å²) in [7, 11) is 0. The van der Waals surface area contributed by atoms with Gasteiger partial charge >= 0.3 is 0 Å². The predicted molar refractivity (Wildman–Crippen MR) is 73.1 cm³/mol. The van der Waals surface area contributed by atoms with E-state index in [9.17, 15) is 0 Å². The molecule has 1 aromatic heterocycles. The number of imidazole rings is 1. The number of hydrogen-bond donors (Lipinski definition) is 1. The summed E-state index contributed by atoms with van der Waals surface area (Å²) in [6, 6.07) is 8.00. The highest BCUT2D eigenvalue weighted by atomic mass is 16.5. The molecule has 0 unspecified atom stereocenters. The fraction of sp³-hybridized carbons (Fsp3) is 0.357. The average Bonchev–Trinajstić information content (AvgIpc) is 2.78. The zero-order valence-corrected chi connectivity index (χ0v) is 10.9. The maximum atomic E-state index is 5.57. The quantitative estimate of drug-likeness (QED) is 0.850. The topological polar surface area (TPSA) is 39.1 Å². The number of rotatable bonds is 6. The van der Waals surface area contributed by atoms with Crippen molar-refractivity contribution in [2.45, 2.75) is 20.4 Å². The van der Waals surface area contributed by atoms with Crippen molar-refractivity contribution >= 4 is 5.69 Å². The molecule has 0 spiro atoms. The second-order valence-corrected chi connectivity index (χ2v) is 4.02. The van der Waals surface area contributed by atoms with Crippen molar-refractivity contribution in [2.24, 2.45) is 0 Å². The smallest absolute Gasteiger partial charge is 0.142 e. The Balaban J connectivity index is 1.92. The van der Waals surface area contributed by atoms with E-state index in [0.29, 0.717) is 6.61 Å². The van der Waals surface area contributed by atoms with Crippen LogP contribution in [0.2, 0.25) is 0 Å². The van der Waals surface area contributed by atoms with Crippen molar-refractivity contribution < 1.29 is 4.74 Å². The van der Waals surface area contributed by atoms with Crippen molar-refractivity contribution in [3.05, 3.63) is 42.5 Å². The van der Waals surface area contributed by atoms with Gasteiger partial charge in [0.2, 0.25) is 0 Å². The molecule has 2 aromatic rings. The highest BCUT2D eigenvalue weighted by Crippen LogP contribution is 2.23. The molecule has 0 aliphatic rings. The normalized spacial score (nSPS) is 10.3. The van der Waals surface area contributed by atoms with Crippen molar-refractivity contribution in [3.63, 3.8) is 0 Å². The van der Waals surface area contributed by atoms with E-state index in [1.165, 1.54) is 0 Å². The molecule has 0 saturated heterocycles. The first-order chi connectivity index (χ1) is 8.81. The Morgan fingerprint density at radius 3 is 2.89 bits per heavy atom. The standard InChI is InChI=1S/C14H19N3O/c1-3-18-14-7-5-4-6-13(14)16-9-11-17-10-8-15-12(17)2/h4-8,10,16H,3,9,11H2,1-2H3. The Kier molecular flexibility index (Phi) is 4.23. The molecule has 0 saturated carbocycles. The van der Waals surface area contributed by atoms with Gasteiger partial charge in [0.25, 0.3) is 0 Å². The third-order valence-corrected chi connectivity index (χ3v) is 2.78. The largest absolute Gasteiger partial charge is 0.492 e. The van der Waals surface area contributed by atoms with Gasteiger partial charge in [0.05, 0.1) is 12.3 Å². The number of nitrogens with one attached hydrogen (secondary N) is 1. The van der Waals surface area contributed by atoms with Crippen LogP contribution in [0.15, 0.2) is 36.7 Å². The molecule has 4 nitrogen and oxygen atoms in total. The van der Waals surface area contributed by atoms with Crippen molar-refractivity contribution in [3.8, 4) is 5.75 Å². The summed E-state index contributed by atoms with van der Waals surface area (Å²) in [6.07, 6.45) is 3.81. The summed E-state index contributed by atoms with van der Waals surface area (Å²) >= 11 is 0. The molecule has 0 aliphatic heterocycles. The van der Waals surface area contributed by atoms with Crippen LogP contribution < -0.4 is 10.1 Å². The van der Waals surface area contributed by atoms with E-state index >= 15 is 0 Å². The van der Waals surface area contributed by atoms with Crippen LogP contribution in [0.25, 0.3) is 0 Å². The van der Waals surface area contributed by atoms with Gasteiger partial charge in [0.15, 0.2) is 0 Å². The number of aryl methyl sites for hydroxylation is 1. The van der Waals surface area contributed by atoms with Crippen molar-refractivity contribution in [1.29, 1.82) is 0 Å². The fourth-order valence-corrected chi connectivity index (χ4v) is 1.85. The molecule has 0 amide bonds. The van der Waals surface area contributed by atoms with Crippen LogP contribution in [0.5, 0.6) is 5.75 Å². The number of nitrogens with zero attached hydrogens (tertiary/aromatic N) is 2. The van der Waals surface area contributed by atoms with Crippen molar-refractivity contribution in [1.82, 2.24) is 9.55 Å². The van der Waals surface area contributed by atoms with E-state index in [-0.39, 0.29) is 0 Å². The zero-order chi connectivity index (χ0) is 12.8. The molecule has 2 rings (SSSR count). The van der Waals surface area contributed by atoms with E-state index in [4.69, 9.17) is 4.74 Å². The van der Waals surface area contributed by atoms with Gasteiger partial charge in [-0.2, -0.15) is 0 Å². The Morgan fingerprint density at radius 1 is 1.33 bits per heavy atom. The first-order valence-corrected chi connectivity index (χ1v) is 6.24. The predicted octanol–water partition coefficient (Wildman–Crippen LogP) is 2.70. The molecule has 18 heavy (non-hydrogen) atoms. The van der Waals surface area contributed by atoms with Gasteiger partial charge in [-0.3, -0.25) is 0 Å². The number of benzene rings is 1. The number of aromatic nitrogens is 2. The van der Waals surface area contributed by atoms with Crippen LogP contribution >= 0.6 is 0 Å².